The summed E-state index contributed by atoms with van der Waals surface area (Å²) in [5, 5.41) is 0. The second kappa shape index (κ2) is 4.72. The van der Waals surface area contributed by atoms with Gasteiger partial charge in [-0.15, -0.1) is 0 Å². The van der Waals surface area contributed by atoms with Crippen molar-refractivity contribution in [3.8, 4) is 0 Å². The van der Waals surface area contributed by atoms with E-state index in [1.54, 1.807) is 27.7 Å². The molecule has 0 radical (unpaired) electrons. The molecule has 0 saturated carbocycles. The van der Waals surface area contributed by atoms with Gasteiger partial charge in [-0.05, 0) is 34.1 Å². The van der Waals surface area contributed by atoms with Crippen LogP contribution < -0.4 is 0 Å². The van der Waals surface area contributed by atoms with Crippen LogP contribution in [0, 0.1) is 0 Å². The van der Waals surface area contributed by atoms with Crippen molar-refractivity contribution in [2.24, 2.45) is 0 Å². The second-order valence-corrected chi connectivity index (χ2v) is 4.73. The van der Waals surface area contributed by atoms with Crippen molar-refractivity contribution in [3.63, 3.8) is 0 Å². The zero-order chi connectivity index (χ0) is 12.3. The van der Waals surface area contributed by atoms with Gasteiger partial charge in [-0.1, -0.05) is 0 Å². The fraction of sp³-hybridized carbons (Fsp3) is 0.818. The number of nitrogens with zero attached hydrogens (tertiary/aromatic N) is 1. The zero-order valence-electron chi connectivity index (χ0n) is 10.3. The van der Waals surface area contributed by atoms with Crippen molar-refractivity contribution in [2.45, 2.75) is 45.8 Å². The monoisotopic (exact) mass is 229 g/mol. The van der Waals surface area contributed by atoms with Crippen LogP contribution in [0.15, 0.2) is 0 Å². The van der Waals surface area contributed by atoms with E-state index in [2.05, 4.69) is 0 Å². The summed E-state index contributed by atoms with van der Waals surface area (Å²) in [4.78, 5) is 24.5. The lowest BCUT2D eigenvalue weighted by molar-refractivity contribution is -0.153. The molecule has 0 spiro atoms. The van der Waals surface area contributed by atoms with Crippen LogP contribution in [0.2, 0.25) is 0 Å². The molecule has 1 amide bonds. The van der Waals surface area contributed by atoms with Gasteiger partial charge < -0.3 is 9.47 Å². The number of amides is 1. The maximum absolute atomic E-state index is 11.7. The van der Waals surface area contributed by atoms with Crippen LogP contribution in [0.4, 0.5) is 4.79 Å². The Labute approximate surface area is 95.7 Å². The molecule has 92 valence electrons. The number of hydrogen-bond donors (Lipinski definition) is 0. The molecule has 0 aromatic carbocycles. The number of likely N-dealkylation sites (tertiary alicyclic amines) is 1. The average Bonchev–Trinajstić information content (AvgIpc) is 1.97. The molecule has 1 aliphatic rings. The molecule has 1 rings (SSSR count). The van der Waals surface area contributed by atoms with E-state index in [1.165, 1.54) is 4.90 Å². The van der Waals surface area contributed by atoms with E-state index in [0.29, 0.717) is 19.6 Å². The van der Waals surface area contributed by atoms with Gasteiger partial charge in [-0.2, -0.15) is 0 Å². The number of ether oxygens (including phenoxy) is 2. The lowest BCUT2D eigenvalue weighted by atomic mass is 10.0. The minimum Gasteiger partial charge on any atom is -0.464 e. The summed E-state index contributed by atoms with van der Waals surface area (Å²) in [6.07, 6.45) is 0.203. The van der Waals surface area contributed by atoms with Gasteiger partial charge in [0.25, 0.3) is 0 Å². The third-order valence-electron chi connectivity index (χ3n) is 2.21. The molecule has 1 saturated heterocycles. The molecule has 1 atom stereocenters. The quantitative estimate of drug-likeness (QED) is 0.674. The number of rotatable bonds is 2. The van der Waals surface area contributed by atoms with E-state index < -0.39 is 17.7 Å². The van der Waals surface area contributed by atoms with Gasteiger partial charge in [-0.3, -0.25) is 4.90 Å². The molecule has 0 bridgehead atoms. The first-order valence-corrected chi connectivity index (χ1v) is 5.51. The highest BCUT2D eigenvalue weighted by Crippen LogP contribution is 2.22. The lowest BCUT2D eigenvalue weighted by Crippen LogP contribution is -2.56. The molecule has 0 aliphatic carbocycles. The minimum absolute atomic E-state index is 0.331. The number of hydrogen-bond acceptors (Lipinski definition) is 4. The smallest absolute Gasteiger partial charge is 0.411 e. The third kappa shape index (κ3) is 3.12. The standard InChI is InChI=1S/C11H19NO4/c1-5-15-9(13)8-6-7-12(8)10(14)16-11(2,3)4/h8H,5-7H2,1-4H3. The Bertz CT molecular complexity index is 282. The molecule has 16 heavy (non-hydrogen) atoms. The van der Waals surface area contributed by atoms with Gasteiger partial charge >= 0.3 is 12.1 Å². The molecule has 5 nitrogen and oxygen atoms in total. The van der Waals surface area contributed by atoms with Crippen LogP contribution in [-0.4, -0.2) is 41.8 Å². The highest BCUT2D eigenvalue weighted by atomic mass is 16.6. The molecule has 1 heterocycles. The Morgan fingerprint density at radius 1 is 1.38 bits per heavy atom. The van der Waals surface area contributed by atoms with Crippen molar-refractivity contribution in [2.75, 3.05) is 13.2 Å². The highest BCUT2D eigenvalue weighted by molar-refractivity contribution is 5.83. The summed E-state index contributed by atoms with van der Waals surface area (Å²) in [6.45, 7) is 8.02. The minimum atomic E-state index is -0.536. The number of carbonyl (C=O) groups is 2. The van der Waals surface area contributed by atoms with Crippen LogP contribution in [0.5, 0.6) is 0 Å². The maximum Gasteiger partial charge on any atom is 0.411 e. The van der Waals surface area contributed by atoms with Gasteiger partial charge in [0.05, 0.1) is 6.61 Å². The molecule has 1 aliphatic heterocycles. The highest BCUT2D eigenvalue weighted by Gasteiger charge is 2.40. The maximum atomic E-state index is 11.7. The van der Waals surface area contributed by atoms with Crippen LogP contribution in [-0.2, 0) is 14.3 Å². The van der Waals surface area contributed by atoms with E-state index in [-0.39, 0.29) is 5.97 Å². The molecule has 0 aromatic heterocycles. The Morgan fingerprint density at radius 2 is 2.00 bits per heavy atom. The number of carbonyl (C=O) groups excluding carboxylic acids is 2. The van der Waals surface area contributed by atoms with Crippen molar-refractivity contribution < 1.29 is 19.1 Å². The average molecular weight is 229 g/mol. The van der Waals surface area contributed by atoms with Crippen molar-refractivity contribution in [1.82, 2.24) is 4.90 Å². The van der Waals surface area contributed by atoms with Crippen LogP contribution in [0.1, 0.15) is 34.1 Å². The number of esters is 1. The Balaban J connectivity index is 2.49. The molecule has 0 aromatic rings. The van der Waals surface area contributed by atoms with Crippen molar-refractivity contribution in [1.29, 1.82) is 0 Å². The third-order valence-corrected chi connectivity index (χ3v) is 2.21. The largest absolute Gasteiger partial charge is 0.464 e. The van der Waals surface area contributed by atoms with Gasteiger partial charge in [-0.25, -0.2) is 9.59 Å². The second-order valence-electron chi connectivity index (χ2n) is 4.73. The summed E-state index contributed by atoms with van der Waals surface area (Å²) in [5.74, 6) is -0.348. The summed E-state index contributed by atoms with van der Waals surface area (Å²) in [6, 6.07) is -0.463. The fourth-order valence-corrected chi connectivity index (χ4v) is 1.41. The molecule has 5 heteroatoms. The first kappa shape index (κ1) is 12.8. The van der Waals surface area contributed by atoms with Crippen molar-refractivity contribution in [3.05, 3.63) is 0 Å². The summed E-state index contributed by atoms with van der Waals surface area (Å²) >= 11 is 0. The fourth-order valence-electron chi connectivity index (χ4n) is 1.41. The Hall–Kier alpha value is -1.26. The van der Waals surface area contributed by atoms with Crippen LogP contribution >= 0.6 is 0 Å². The predicted molar refractivity (Wildman–Crippen MR) is 58.0 cm³/mol. The lowest BCUT2D eigenvalue weighted by Gasteiger charge is -2.39. The zero-order valence-corrected chi connectivity index (χ0v) is 10.3. The summed E-state index contributed by atoms with van der Waals surface area (Å²) < 4.78 is 10.0. The Morgan fingerprint density at radius 3 is 2.38 bits per heavy atom. The SMILES string of the molecule is CCOC(=O)C1CCN1C(=O)OC(C)(C)C. The predicted octanol–water partition coefficient (Wildman–Crippen LogP) is 1.56. The van der Waals surface area contributed by atoms with Gasteiger partial charge in [0.1, 0.15) is 11.6 Å². The molecule has 1 fully saturated rings. The first-order chi connectivity index (χ1) is 7.35. The van der Waals surface area contributed by atoms with Crippen LogP contribution in [0.25, 0.3) is 0 Å². The van der Waals surface area contributed by atoms with E-state index in [0.717, 1.165) is 0 Å². The summed E-state index contributed by atoms with van der Waals surface area (Å²) in [5.41, 5.74) is -0.536. The van der Waals surface area contributed by atoms with Crippen molar-refractivity contribution >= 4 is 12.1 Å². The molecule has 0 N–H and O–H groups in total. The first-order valence-electron chi connectivity index (χ1n) is 5.51. The van der Waals surface area contributed by atoms with Gasteiger partial charge in [0.15, 0.2) is 0 Å². The topological polar surface area (TPSA) is 55.8 Å². The molecular weight excluding hydrogens is 210 g/mol. The summed E-state index contributed by atoms with van der Waals surface area (Å²) in [7, 11) is 0. The van der Waals surface area contributed by atoms with E-state index in [1.807, 2.05) is 0 Å². The van der Waals surface area contributed by atoms with E-state index >= 15 is 0 Å². The van der Waals surface area contributed by atoms with Gasteiger partial charge in [0.2, 0.25) is 0 Å². The molecule has 1 unspecified atom stereocenters. The van der Waals surface area contributed by atoms with E-state index in [9.17, 15) is 9.59 Å². The molecular formula is C11H19NO4. The Kier molecular flexibility index (Phi) is 3.78. The normalized spacial score (nSPS) is 20.0. The van der Waals surface area contributed by atoms with E-state index in [4.69, 9.17) is 9.47 Å². The van der Waals surface area contributed by atoms with Gasteiger partial charge in [0, 0.05) is 6.54 Å². The van der Waals surface area contributed by atoms with Crippen LogP contribution in [0.3, 0.4) is 0 Å².